The number of carbonyl (C=O) groups is 2. The Morgan fingerprint density at radius 1 is 1.19 bits per heavy atom. The largest absolute Gasteiger partial charge is 0.369 e. The predicted octanol–water partition coefficient (Wildman–Crippen LogP) is 1.59. The number of aromatic nitrogens is 2. The first kappa shape index (κ1) is 19.5. The molecule has 0 saturated carbocycles. The molecule has 0 saturated heterocycles. The van der Waals surface area contributed by atoms with Gasteiger partial charge in [-0.15, -0.1) is 0 Å². The van der Waals surface area contributed by atoms with Gasteiger partial charge >= 0.3 is 0 Å². The third-order valence-corrected chi connectivity index (χ3v) is 4.08. The molecule has 2 amide bonds. The van der Waals surface area contributed by atoms with Gasteiger partial charge in [-0.3, -0.25) is 9.59 Å². The number of carbonyl (C=O) groups excluding carboxylic acids is 2. The Kier molecular flexibility index (Phi) is 6.41. The monoisotopic (exact) mass is 356 g/mol. The minimum Gasteiger partial charge on any atom is -0.369 e. The lowest BCUT2D eigenvalue weighted by Gasteiger charge is -2.21. The standard InChI is InChI=1S/C19H24N4O3/c1-19(2,26-4)18(25)21-11-10-15-14(17(24)20-3)12-22-16(23-15)13-8-6-5-7-9-13/h5-9,12H,10-11H2,1-4H3,(H,20,24)(H,21,25). The summed E-state index contributed by atoms with van der Waals surface area (Å²) in [4.78, 5) is 33.0. The van der Waals surface area contributed by atoms with Crippen LogP contribution < -0.4 is 10.6 Å². The van der Waals surface area contributed by atoms with Gasteiger partial charge in [-0.2, -0.15) is 0 Å². The van der Waals surface area contributed by atoms with Crippen molar-refractivity contribution in [1.29, 1.82) is 0 Å². The third-order valence-electron chi connectivity index (χ3n) is 4.08. The van der Waals surface area contributed by atoms with Gasteiger partial charge in [-0.05, 0) is 13.8 Å². The van der Waals surface area contributed by atoms with E-state index in [0.29, 0.717) is 30.0 Å². The predicted molar refractivity (Wildman–Crippen MR) is 98.7 cm³/mol. The highest BCUT2D eigenvalue weighted by atomic mass is 16.5. The van der Waals surface area contributed by atoms with Crippen molar-refractivity contribution in [3.8, 4) is 11.4 Å². The number of hydrogen-bond donors (Lipinski definition) is 2. The number of ether oxygens (including phenoxy) is 1. The number of amides is 2. The summed E-state index contributed by atoms with van der Waals surface area (Å²) in [5.41, 5.74) is 0.924. The van der Waals surface area contributed by atoms with Gasteiger partial charge in [0, 0.05) is 38.9 Å². The summed E-state index contributed by atoms with van der Waals surface area (Å²) in [6.07, 6.45) is 1.92. The zero-order valence-corrected chi connectivity index (χ0v) is 15.5. The molecule has 7 heteroatoms. The molecular weight excluding hydrogens is 332 g/mol. The van der Waals surface area contributed by atoms with Crippen LogP contribution in [0.25, 0.3) is 11.4 Å². The second-order valence-electron chi connectivity index (χ2n) is 6.22. The van der Waals surface area contributed by atoms with Crippen LogP contribution in [0.15, 0.2) is 36.5 Å². The van der Waals surface area contributed by atoms with Crippen molar-refractivity contribution in [3.05, 3.63) is 47.8 Å². The fraction of sp³-hybridized carbons (Fsp3) is 0.368. The van der Waals surface area contributed by atoms with Crippen molar-refractivity contribution in [3.63, 3.8) is 0 Å². The molecule has 0 unspecified atom stereocenters. The average molecular weight is 356 g/mol. The van der Waals surface area contributed by atoms with Crippen molar-refractivity contribution in [2.24, 2.45) is 0 Å². The highest BCUT2D eigenvalue weighted by Gasteiger charge is 2.26. The topological polar surface area (TPSA) is 93.2 Å². The number of hydrogen-bond acceptors (Lipinski definition) is 5. The van der Waals surface area contributed by atoms with Crippen LogP contribution in [0.4, 0.5) is 0 Å². The zero-order chi connectivity index (χ0) is 19.2. The van der Waals surface area contributed by atoms with Crippen molar-refractivity contribution in [2.45, 2.75) is 25.9 Å². The van der Waals surface area contributed by atoms with E-state index in [1.54, 1.807) is 20.9 Å². The fourth-order valence-corrected chi connectivity index (χ4v) is 2.26. The maximum atomic E-state index is 12.1. The minimum absolute atomic E-state index is 0.223. The Morgan fingerprint density at radius 3 is 2.50 bits per heavy atom. The van der Waals surface area contributed by atoms with E-state index in [0.717, 1.165) is 5.56 Å². The van der Waals surface area contributed by atoms with E-state index in [-0.39, 0.29) is 11.8 Å². The molecule has 0 aliphatic rings. The first-order valence-corrected chi connectivity index (χ1v) is 8.36. The van der Waals surface area contributed by atoms with E-state index in [4.69, 9.17) is 4.74 Å². The molecule has 1 aromatic carbocycles. The number of nitrogens with zero attached hydrogens (tertiary/aromatic N) is 2. The van der Waals surface area contributed by atoms with Gasteiger partial charge in [-0.25, -0.2) is 9.97 Å². The van der Waals surface area contributed by atoms with Gasteiger partial charge in [0.25, 0.3) is 11.8 Å². The Bertz CT molecular complexity index is 776. The minimum atomic E-state index is -0.912. The molecule has 0 bridgehead atoms. The number of rotatable bonds is 7. The Hall–Kier alpha value is -2.80. The van der Waals surface area contributed by atoms with Gasteiger partial charge in [-0.1, -0.05) is 30.3 Å². The van der Waals surface area contributed by atoms with Crippen LogP contribution in [-0.2, 0) is 16.0 Å². The van der Waals surface area contributed by atoms with Gasteiger partial charge in [0.15, 0.2) is 5.82 Å². The number of benzene rings is 1. The van der Waals surface area contributed by atoms with E-state index in [9.17, 15) is 9.59 Å². The van der Waals surface area contributed by atoms with Gasteiger partial charge in [0.1, 0.15) is 5.60 Å². The molecule has 2 N–H and O–H groups in total. The third kappa shape index (κ3) is 4.64. The molecule has 26 heavy (non-hydrogen) atoms. The normalized spacial score (nSPS) is 11.1. The fourth-order valence-electron chi connectivity index (χ4n) is 2.26. The van der Waals surface area contributed by atoms with E-state index in [1.165, 1.54) is 13.3 Å². The van der Waals surface area contributed by atoms with Crippen molar-refractivity contribution < 1.29 is 14.3 Å². The Morgan fingerprint density at radius 2 is 1.88 bits per heavy atom. The maximum Gasteiger partial charge on any atom is 0.254 e. The van der Waals surface area contributed by atoms with Crippen LogP contribution >= 0.6 is 0 Å². The van der Waals surface area contributed by atoms with E-state index in [1.807, 2.05) is 30.3 Å². The smallest absolute Gasteiger partial charge is 0.254 e. The van der Waals surface area contributed by atoms with Gasteiger partial charge < -0.3 is 15.4 Å². The lowest BCUT2D eigenvalue weighted by Crippen LogP contribution is -2.44. The van der Waals surface area contributed by atoms with Crippen LogP contribution in [-0.4, -0.2) is 48.1 Å². The van der Waals surface area contributed by atoms with Crippen LogP contribution in [0, 0.1) is 0 Å². The maximum absolute atomic E-state index is 12.1. The Labute approximate surface area is 153 Å². The average Bonchev–Trinajstić information content (AvgIpc) is 2.67. The molecule has 1 heterocycles. The second-order valence-corrected chi connectivity index (χ2v) is 6.22. The van der Waals surface area contributed by atoms with E-state index in [2.05, 4.69) is 20.6 Å². The summed E-state index contributed by atoms with van der Waals surface area (Å²) in [5.74, 6) is 0.0544. The van der Waals surface area contributed by atoms with E-state index >= 15 is 0 Å². The summed E-state index contributed by atoms with van der Waals surface area (Å²) >= 11 is 0. The molecule has 2 aromatic rings. The van der Waals surface area contributed by atoms with Crippen LogP contribution in [0.2, 0.25) is 0 Å². The molecule has 0 spiro atoms. The first-order valence-electron chi connectivity index (χ1n) is 8.36. The summed E-state index contributed by atoms with van der Waals surface area (Å²) in [6, 6.07) is 9.52. The highest BCUT2D eigenvalue weighted by Crippen LogP contribution is 2.16. The molecule has 0 aliphatic heterocycles. The van der Waals surface area contributed by atoms with Crippen LogP contribution in [0.5, 0.6) is 0 Å². The van der Waals surface area contributed by atoms with Crippen LogP contribution in [0.1, 0.15) is 29.9 Å². The van der Waals surface area contributed by atoms with Crippen molar-refractivity contribution in [2.75, 3.05) is 20.7 Å². The summed E-state index contributed by atoms with van der Waals surface area (Å²) < 4.78 is 5.16. The molecule has 0 radical (unpaired) electrons. The van der Waals surface area contributed by atoms with E-state index < -0.39 is 5.60 Å². The Balaban J connectivity index is 2.21. The zero-order valence-electron chi connectivity index (χ0n) is 15.5. The lowest BCUT2D eigenvalue weighted by atomic mass is 10.1. The lowest BCUT2D eigenvalue weighted by molar-refractivity contribution is -0.139. The van der Waals surface area contributed by atoms with Crippen LogP contribution in [0.3, 0.4) is 0 Å². The molecule has 2 rings (SSSR count). The van der Waals surface area contributed by atoms with Gasteiger partial charge in [0.05, 0.1) is 11.3 Å². The summed E-state index contributed by atoms with van der Waals surface area (Å²) in [7, 11) is 3.04. The molecule has 0 aliphatic carbocycles. The summed E-state index contributed by atoms with van der Waals surface area (Å²) in [6.45, 7) is 3.72. The quantitative estimate of drug-likeness (QED) is 0.786. The van der Waals surface area contributed by atoms with Crippen molar-refractivity contribution >= 4 is 11.8 Å². The highest BCUT2D eigenvalue weighted by molar-refractivity contribution is 5.95. The number of nitrogens with one attached hydrogen (secondary N) is 2. The molecule has 7 nitrogen and oxygen atoms in total. The molecule has 0 fully saturated rings. The summed E-state index contributed by atoms with van der Waals surface area (Å²) in [5, 5.41) is 5.40. The first-order chi connectivity index (χ1) is 12.4. The number of methoxy groups -OCH3 is 1. The molecule has 0 atom stereocenters. The SMILES string of the molecule is CNC(=O)c1cnc(-c2ccccc2)nc1CCNC(=O)C(C)(C)OC. The van der Waals surface area contributed by atoms with Crippen molar-refractivity contribution in [1.82, 2.24) is 20.6 Å². The van der Waals surface area contributed by atoms with Gasteiger partial charge in [0.2, 0.25) is 0 Å². The molecule has 1 aromatic heterocycles. The molecular formula is C19H24N4O3. The second kappa shape index (κ2) is 8.53. The molecule has 138 valence electrons.